The van der Waals surface area contributed by atoms with Gasteiger partial charge in [-0.3, -0.25) is 4.79 Å². The molecule has 16 heavy (non-hydrogen) atoms. The van der Waals surface area contributed by atoms with Crippen LogP contribution in [0.4, 0.5) is 0 Å². The molecule has 3 nitrogen and oxygen atoms in total. The van der Waals surface area contributed by atoms with Crippen molar-refractivity contribution in [2.24, 2.45) is 0 Å². The number of hydrogen-bond acceptors (Lipinski definition) is 2. The minimum Gasteiger partial charge on any atom is -0.350 e. The molecule has 0 fully saturated rings. The van der Waals surface area contributed by atoms with Gasteiger partial charge in [-0.1, -0.05) is 31.4 Å². The van der Waals surface area contributed by atoms with E-state index in [-0.39, 0.29) is 11.9 Å². The van der Waals surface area contributed by atoms with Crippen molar-refractivity contribution in [2.45, 2.75) is 39.2 Å². The summed E-state index contributed by atoms with van der Waals surface area (Å²) < 4.78 is 0. The second-order valence-electron chi connectivity index (χ2n) is 3.89. The second kappa shape index (κ2) is 6.48. The van der Waals surface area contributed by atoms with Crippen LogP contribution in [0.15, 0.2) is 18.3 Å². The molecular weight excluding hydrogens is 224 g/mol. The van der Waals surface area contributed by atoms with Gasteiger partial charge in [0.2, 0.25) is 0 Å². The minimum absolute atomic E-state index is 0.0900. The van der Waals surface area contributed by atoms with Crippen molar-refractivity contribution >= 4 is 17.5 Å². The number of amides is 1. The van der Waals surface area contributed by atoms with Crippen LogP contribution < -0.4 is 5.32 Å². The highest BCUT2D eigenvalue weighted by atomic mass is 35.5. The van der Waals surface area contributed by atoms with Crippen LogP contribution in [0, 0.1) is 0 Å². The molecule has 4 heteroatoms. The molecule has 1 aromatic rings. The SMILES string of the molecule is CCCCC(C)NC(=O)c1ccc(Cl)nc1. The number of hydrogen-bond donors (Lipinski definition) is 1. The van der Waals surface area contributed by atoms with Gasteiger partial charge in [-0.15, -0.1) is 0 Å². The molecule has 0 aliphatic carbocycles. The average molecular weight is 241 g/mol. The highest BCUT2D eigenvalue weighted by Gasteiger charge is 2.09. The van der Waals surface area contributed by atoms with Crippen LogP contribution in [-0.2, 0) is 0 Å². The van der Waals surface area contributed by atoms with Crippen molar-refractivity contribution < 1.29 is 4.79 Å². The van der Waals surface area contributed by atoms with Crippen molar-refractivity contribution in [3.63, 3.8) is 0 Å². The zero-order valence-corrected chi connectivity index (χ0v) is 10.4. The number of carbonyl (C=O) groups is 1. The molecule has 0 aromatic carbocycles. The van der Waals surface area contributed by atoms with Crippen LogP contribution in [0.25, 0.3) is 0 Å². The normalized spacial score (nSPS) is 12.2. The van der Waals surface area contributed by atoms with E-state index in [0.29, 0.717) is 10.7 Å². The molecule has 88 valence electrons. The Morgan fingerprint density at radius 3 is 2.88 bits per heavy atom. The van der Waals surface area contributed by atoms with E-state index in [9.17, 15) is 4.79 Å². The van der Waals surface area contributed by atoms with Gasteiger partial charge in [0.15, 0.2) is 0 Å². The Kier molecular flexibility index (Phi) is 5.26. The zero-order chi connectivity index (χ0) is 12.0. The number of rotatable bonds is 5. The highest BCUT2D eigenvalue weighted by molar-refractivity contribution is 6.29. The lowest BCUT2D eigenvalue weighted by Gasteiger charge is -2.12. The van der Waals surface area contributed by atoms with Gasteiger partial charge in [-0.2, -0.15) is 0 Å². The number of aromatic nitrogens is 1. The van der Waals surface area contributed by atoms with Gasteiger partial charge < -0.3 is 5.32 Å². The van der Waals surface area contributed by atoms with Gasteiger partial charge in [0, 0.05) is 12.2 Å². The third-order valence-corrected chi connectivity index (χ3v) is 2.58. The molecule has 0 radical (unpaired) electrons. The van der Waals surface area contributed by atoms with E-state index < -0.39 is 0 Å². The molecule has 1 N–H and O–H groups in total. The molecule has 0 saturated carbocycles. The summed E-state index contributed by atoms with van der Waals surface area (Å²) in [6.45, 7) is 4.15. The van der Waals surface area contributed by atoms with Crippen LogP contribution in [0.2, 0.25) is 5.15 Å². The summed E-state index contributed by atoms with van der Waals surface area (Å²) in [6, 6.07) is 3.49. The van der Waals surface area contributed by atoms with Gasteiger partial charge in [-0.25, -0.2) is 4.98 Å². The molecule has 0 aliphatic heterocycles. The maximum atomic E-state index is 11.7. The van der Waals surface area contributed by atoms with E-state index in [1.165, 1.54) is 6.20 Å². The van der Waals surface area contributed by atoms with Crippen LogP contribution in [0.3, 0.4) is 0 Å². The molecular formula is C12H17ClN2O. The molecule has 1 unspecified atom stereocenters. The molecule has 1 aromatic heterocycles. The topological polar surface area (TPSA) is 42.0 Å². The van der Waals surface area contributed by atoms with Crippen LogP contribution in [0.5, 0.6) is 0 Å². The lowest BCUT2D eigenvalue weighted by Crippen LogP contribution is -2.32. The van der Waals surface area contributed by atoms with Gasteiger partial charge in [0.25, 0.3) is 5.91 Å². The first-order chi connectivity index (χ1) is 7.63. The van der Waals surface area contributed by atoms with Crippen molar-refractivity contribution in [3.8, 4) is 0 Å². The molecule has 0 saturated heterocycles. The molecule has 1 rings (SSSR count). The Morgan fingerprint density at radius 1 is 1.56 bits per heavy atom. The Hall–Kier alpha value is -1.09. The van der Waals surface area contributed by atoms with Crippen molar-refractivity contribution in [3.05, 3.63) is 29.0 Å². The smallest absolute Gasteiger partial charge is 0.253 e. The van der Waals surface area contributed by atoms with E-state index in [0.717, 1.165) is 19.3 Å². The summed E-state index contributed by atoms with van der Waals surface area (Å²) in [5.74, 6) is -0.0900. The first-order valence-corrected chi connectivity index (χ1v) is 5.93. The first kappa shape index (κ1) is 13.0. The Balaban J connectivity index is 2.48. The van der Waals surface area contributed by atoms with Gasteiger partial charge in [0.05, 0.1) is 5.56 Å². The van der Waals surface area contributed by atoms with Crippen LogP contribution in [-0.4, -0.2) is 16.9 Å². The third-order valence-electron chi connectivity index (χ3n) is 2.36. The van der Waals surface area contributed by atoms with Gasteiger partial charge in [-0.05, 0) is 25.5 Å². The molecule has 1 atom stereocenters. The summed E-state index contributed by atoms with van der Waals surface area (Å²) in [6.07, 6.45) is 4.76. The molecule has 0 bridgehead atoms. The van der Waals surface area contributed by atoms with Crippen molar-refractivity contribution in [2.75, 3.05) is 0 Å². The summed E-state index contributed by atoms with van der Waals surface area (Å²) >= 11 is 5.65. The fourth-order valence-electron chi connectivity index (χ4n) is 1.40. The number of halogens is 1. The Labute approximate surface area is 101 Å². The molecule has 0 spiro atoms. The summed E-state index contributed by atoms with van der Waals surface area (Å²) in [5.41, 5.74) is 0.549. The van der Waals surface area contributed by atoms with E-state index in [2.05, 4.69) is 17.2 Å². The third kappa shape index (κ3) is 4.19. The summed E-state index contributed by atoms with van der Waals surface area (Å²) in [7, 11) is 0. The van der Waals surface area contributed by atoms with Crippen molar-refractivity contribution in [1.29, 1.82) is 0 Å². The molecule has 0 aliphatic rings. The minimum atomic E-state index is -0.0900. The average Bonchev–Trinajstić information content (AvgIpc) is 2.27. The maximum absolute atomic E-state index is 11.7. The zero-order valence-electron chi connectivity index (χ0n) is 9.66. The summed E-state index contributed by atoms with van der Waals surface area (Å²) in [4.78, 5) is 15.6. The number of unbranched alkanes of at least 4 members (excludes halogenated alkanes) is 1. The number of pyridine rings is 1. The number of nitrogens with zero attached hydrogens (tertiary/aromatic N) is 1. The summed E-state index contributed by atoms with van der Waals surface area (Å²) in [5, 5.41) is 3.33. The predicted octanol–water partition coefficient (Wildman–Crippen LogP) is 3.04. The van der Waals surface area contributed by atoms with Crippen LogP contribution >= 0.6 is 11.6 Å². The maximum Gasteiger partial charge on any atom is 0.253 e. The van der Waals surface area contributed by atoms with Gasteiger partial charge in [0.1, 0.15) is 5.15 Å². The Morgan fingerprint density at radius 2 is 2.31 bits per heavy atom. The molecule has 1 heterocycles. The number of nitrogens with one attached hydrogen (secondary N) is 1. The van der Waals surface area contributed by atoms with Gasteiger partial charge >= 0.3 is 0 Å². The second-order valence-corrected chi connectivity index (χ2v) is 4.27. The van der Waals surface area contributed by atoms with E-state index in [4.69, 9.17) is 11.6 Å². The lowest BCUT2D eigenvalue weighted by molar-refractivity contribution is 0.0937. The van der Waals surface area contributed by atoms with E-state index in [1.54, 1.807) is 12.1 Å². The largest absolute Gasteiger partial charge is 0.350 e. The lowest BCUT2D eigenvalue weighted by atomic mass is 10.1. The standard InChI is InChI=1S/C12H17ClN2O/c1-3-4-5-9(2)15-12(16)10-6-7-11(13)14-8-10/h6-9H,3-5H2,1-2H3,(H,15,16). The van der Waals surface area contributed by atoms with Crippen molar-refractivity contribution in [1.82, 2.24) is 10.3 Å². The fourth-order valence-corrected chi connectivity index (χ4v) is 1.51. The highest BCUT2D eigenvalue weighted by Crippen LogP contribution is 2.06. The van der Waals surface area contributed by atoms with Crippen LogP contribution in [0.1, 0.15) is 43.5 Å². The quantitative estimate of drug-likeness (QED) is 0.804. The van der Waals surface area contributed by atoms with E-state index >= 15 is 0 Å². The molecule has 1 amide bonds. The predicted molar refractivity (Wildman–Crippen MR) is 65.7 cm³/mol. The monoisotopic (exact) mass is 240 g/mol. The first-order valence-electron chi connectivity index (χ1n) is 5.56. The Bertz CT molecular complexity index is 337. The number of carbonyl (C=O) groups excluding carboxylic acids is 1. The van der Waals surface area contributed by atoms with E-state index in [1.807, 2.05) is 6.92 Å². The fraction of sp³-hybridized carbons (Fsp3) is 0.500.